The smallest absolute Gasteiger partial charge is 0.211 e. The summed E-state index contributed by atoms with van der Waals surface area (Å²) >= 11 is 0. The van der Waals surface area contributed by atoms with Gasteiger partial charge in [0, 0.05) is 18.0 Å². The van der Waals surface area contributed by atoms with Gasteiger partial charge in [0.15, 0.2) is 0 Å². The lowest BCUT2D eigenvalue weighted by atomic mass is 10.1. The number of benzene rings is 1. The van der Waals surface area contributed by atoms with Crippen LogP contribution in [0.2, 0.25) is 0 Å². The average molecular weight is 315 g/mol. The summed E-state index contributed by atoms with van der Waals surface area (Å²) < 4.78 is 13.5. The first-order chi connectivity index (χ1) is 11.2. The predicted octanol–water partition coefficient (Wildman–Crippen LogP) is 1.88. The monoisotopic (exact) mass is 315 g/mol. The summed E-state index contributed by atoms with van der Waals surface area (Å²) in [4.78, 5) is 0. The van der Waals surface area contributed by atoms with Gasteiger partial charge in [-0.25, -0.2) is 0 Å². The van der Waals surface area contributed by atoms with Crippen LogP contribution in [-0.2, 0) is 0 Å². The highest BCUT2D eigenvalue weighted by Gasteiger charge is 2.14. The SMILES string of the molecule is CCOc1cc(C=NN=C(N)N)cc(OCC)c1-n1cccc1. The third-order valence-electron chi connectivity index (χ3n) is 2.90. The van der Waals surface area contributed by atoms with Crippen molar-refractivity contribution in [3.8, 4) is 17.2 Å². The number of nitrogens with zero attached hydrogens (tertiary/aromatic N) is 3. The van der Waals surface area contributed by atoms with E-state index < -0.39 is 0 Å². The van der Waals surface area contributed by atoms with Gasteiger partial charge in [0.1, 0.15) is 17.2 Å². The number of hydrogen-bond donors (Lipinski definition) is 2. The Balaban J connectivity index is 2.52. The quantitative estimate of drug-likeness (QED) is 0.463. The van der Waals surface area contributed by atoms with Gasteiger partial charge in [0.25, 0.3) is 0 Å². The number of guanidine groups is 1. The van der Waals surface area contributed by atoms with Crippen LogP contribution < -0.4 is 20.9 Å². The molecule has 7 nitrogen and oxygen atoms in total. The molecule has 0 aliphatic rings. The van der Waals surface area contributed by atoms with Crippen LogP contribution in [0.15, 0.2) is 46.9 Å². The van der Waals surface area contributed by atoms with E-state index in [9.17, 15) is 0 Å². The van der Waals surface area contributed by atoms with Crippen LogP contribution in [0.25, 0.3) is 5.69 Å². The molecule has 0 amide bonds. The molecule has 2 rings (SSSR count). The number of rotatable bonds is 7. The molecule has 2 aromatic rings. The molecule has 0 radical (unpaired) electrons. The molecule has 1 heterocycles. The number of ether oxygens (including phenoxy) is 2. The Kier molecular flexibility index (Phi) is 5.62. The standard InChI is InChI=1S/C16H21N5O2/c1-3-22-13-9-12(11-19-20-16(17)18)10-14(23-4-2)15(13)21-7-5-6-8-21/h5-11H,3-4H2,1-2H3,(H4,17,18,20). The van der Waals surface area contributed by atoms with E-state index in [1.807, 2.05) is 55.1 Å². The molecule has 1 aromatic heterocycles. The molecule has 0 saturated heterocycles. The molecule has 0 aliphatic carbocycles. The van der Waals surface area contributed by atoms with Crippen molar-refractivity contribution in [1.29, 1.82) is 0 Å². The normalized spacial score (nSPS) is 10.7. The second-order valence-corrected chi connectivity index (χ2v) is 4.59. The third-order valence-corrected chi connectivity index (χ3v) is 2.90. The van der Waals surface area contributed by atoms with Gasteiger partial charge >= 0.3 is 0 Å². The topological polar surface area (TPSA) is 100 Å². The van der Waals surface area contributed by atoms with Gasteiger partial charge in [-0.3, -0.25) is 0 Å². The van der Waals surface area contributed by atoms with Gasteiger partial charge in [-0.2, -0.15) is 5.10 Å². The fraction of sp³-hybridized carbons (Fsp3) is 0.250. The molecule has 4 N–H and O–H groups in total. The largest absolute Gasteiger partial charge is 0.492 e. The zero-order valence-electron chi connectivity index (χ0n) is 13.3. The first-order valence-electron chi connectivity index (χ1n) is 7.34. The Morgan fingerprint density at radius 3 is 2.13 bits per heavy atom. The van der Waals surface area contributed by atoms with Crippen LogP contribution in [0.3, 0.4) is 0 Å². The van der Waals surface area contributed by atoms with E-state index in [-0.39, 0.29) is 5.96 Å². The Labute approximate surface area is 135 Å². The third kappa shape index (κ3) is 4.26. The highest BCUT2D eigenvalue weighted by molar-refractivity contribution is 5.84. The summed E-state index contributed by atoms with van der Waals surface area (Å²) in [7, 11) is 0. The minimum Gasteiger partial charge on any atom is -0.492 e. The molecule has 0 saturated carbocycles. The second-order valence-electron chi connectivity index (χ2n) is 4.59. The molecule has 0 unspecified atom stereocenters. The molecule has 7 heteroatoms. The Morgan fingerprint density at radius 1 is 1.09 bits per heavy atom. The van der Waals surface area contributed by atoms with Crippen molar-refractivity contribution < 1.29 is 9.47 Å². The maximum absolute atomic E-state index is 5.77. The zero-order valence-corrected chi connectivity index (χ0v) is 13.3. The Hall–Kier alpha value is -2.96. The molecule has 0 fully saturated rings. The van der Waals surface area contributed by atoms with Gasteiger partial charge in [0.05, 0.1) is 19.4 Å². The van der Waals surface area contributed by atoms with Crippen molar-refractivity contribution in [3.05, 3.63) is 42.2 Å². The number of hydrogen-bond acceptors (Lipinski definition) is 4. The van der Waals surface area contributed by atoms with Crippen LogP contribution in [0.5, 0.6) is 11.5 Å². The molecule has 0 spiro atoms. The van der Waals surface area contributed by atoms with E-state index in [1.165, 1.54) is 0 Å². The minimum atomic E-state index is -0.0970. The van der Waals surface area contributed by atoms with Crippen molar-refractivity contribution >= 4 is 12.2 Å². The van der Waals surface area contributed by atoms with E-state index >= 15 is 0 Å². The van der Waals surface area contributed by atoms with Crippen molar-refractivity contribution in [3.63, 3.8) is 0 Å². The van der Waals surface area contributed by atoms with Gasteiger partial charge in [-0.15, -0.1) is 5.10 Å². The number of nitrogens with two attached hydrogens (primary N) is 2. The Bertz CT molecular complexity index is 661. The van der Waals surface area contributed by atoms with Gasteiger partial charge in [-0.05, 0) is 38.1 Å². The van der Waals surface area contributed by atoms with E-state index in [0.29, 0.717) is 24.7 Å². The predicted molar refractivity (Wildman–Crippen MR) is 91.5 cm³/mol. The fourth-order valence-electron chi connectivity index (χ4n) is 2.11. The van der Waals surface area contributed by atoms with Crippen LogP contribution >= 0.6 is 0 Å². The highest BCUT2D eigenvalue weighted by atomic mass is 16.5. The summed E-state index contributed by atoms with van der Waals surface area (Å²) in [6.07, 6.45) is 5.42. The van der Waals surface area contributed by atoms with E-state index in [0.717, 1.165) is 11.3 Å². The second kappa shape index (κ2) is 7.88. The summed E-state index contributed by atoms with van der Waals surface area (Å²) in [5.41, 5.74) is 12.1. The van der Waals surface area contributed by atoms with Crippen LogP contribution in [0.1, 0.15) is 19.4 Å². The average Bonchev–Trinajstić information content (AvgIpc) is 3.01. The van der Waals surface area contributed by atoms with Crippen molar-refractivity contribution in [2.75, 3.05) is 13.2 Å². The molecular formula is C16H21N5O2. The van der Waals surface area contributed by atoms with Crippen molar-refractivity contribution in [2.24, 2.45) is 21.7 Å². The first-order valence-corrected chi connectivity index (χ1v) is 7.34. The van der Waals surface area contributed by atoms with Gasteiger partial charge in [0.2, 0.25) is 5.96 Å². The minimum absolute atomic E-state index is 0.0970. The molecule has 23 heavy (non-hydrogen) atoms. The van der Waals surface area contributed by atoms with E-state index in [2.05, 4.69) is 10.2 Å². The van der Waals surface area contributed by atoms with E-state index in [1.54, 1.807) is 6.21 Å². The lowest BCUT2D eigenvalue weighted by Gasteiger charge is -2.17. The summed E-state index contributed by atoms with van der Waals surface area (Å²) in [5.74, 6) is 1.29. The van der Waals surface area contributed by atoms with Gasteiger partial charge in [-0.1, -0.05) is 0 Å². The zero-order chi connectivity index (χ0) is 16.7. The van der Waals surface area contributed by atoms with Gasteiger partial charge < -0.3 is 25.5 Å². The number of aromatic nitrogens is 1. The molecule has 0 atom stereocenters. The maximum atomic E-state index is 5.77. The molecule has 0 aliphatic heterocycles. The highest BCUT2D eigenvalue weighted by Crippen LogP contribution is 2.34. The first kappa shape index (κ1) is 16.4. The van der Waals surface area contributed by atoms with Crippen LogP contribution in [-0.4, -0.2) is 30.0 Å². The van der Waals surface area contributed by atoms with Crippen molar-refractivity contribution in [2.45, 2.75) is 13.8 Å². The summed E-state index contributed by atoms with van der Waals surface area (Å²) in [5, 5.41) is 7.43. The lowest BCUT2D eigenvalue weighted by Crippen LogP contribution is -2.21. The van der Waals surface area contributed by atoms with E-state index in [4.69, 9.17) is 20.9 Å². The molecular weight excluding hydrogens is 294 g/mol. The summed E-state index contributed by atoms with van der Waals surface area (Å²) in [6.45, 7) is 4.93. The Morgan fingerprint density at radius 2 is 1.65 bits per heavy atom. The fourth-order valence-corrected chi connectivity index (χ4v) is 2.11. The molecule has 122 valence electrons. The van der Waals surface area contributed by atoms with Crippen LogP contribution in [0.4, 0.5) is 0 Å². The molecule has 0 bridgehead atoms. The van der Waals surface area contributed by atoms with Crippen LogP contribution in [0, 0.1) is 0 Å². The summed E-state index contributed by atoms with van der Waals surface area (Å²) in [6, 6.07) is 7.62. The maximum Gasteiger partial charge on any atom is 0.211 e. The molecule has 1 aromatic carbocycles. The lowest BCUT2D eigenvalue weighted by molar-refractivity contribution is 0.321. The van der Waals surface area contributed by atoms with Crippen molar-refractivity contribution in [1.82, 2.24) is 4.57 Å².